The number of carbonyl (C=O) groups excluding carboxylic acids is 3. The summed E-state index contributed by atoms with van der Waals surface area (Å²) < 4.78 is 17.0. The second kappa shape index (κ2) is 71.8. The molecule has 1 unspecified atom stereocenters. The van der Waals surface area contributed by atoms with Gasteiger partial charge in [0.2, 0.25) is 0 Å². The van der Waals surface area contributed by atoms with Gasteiger partial charge in [0, 0.05) is 19.3 Å². The number of carbonyl (C=O) groups is 3. The van der Waals surface area contributed by atoms with Crippen LogP contribution in [0.25, 0.3) is 0 Å². The Bertz CT molecular complexity index is 1430. The molecule has 0 aromatic carbocycles. The van der Waals surface area contributed by atoms with E-state index >= 15 is 0 Å². The van der Waals surface area contributed by atoms with Gasteiger partial charge in [0.1, 0.15) is 13.2 Å². The van der Waals surface area contributed by atoms with Gasteiger partial charge in [-0.1, -0.05) is 333 Å². The number of hydrogen-bond acceptors (Lipinski definition) is 6. The Morgan fingerprint density at radius 2 is 0.434 bits per heavy atom. The predicted octanol–water partition coefficient (Wildman–Crippen LogP) is 25.7. The number of allylic oxidation sites excluding steroid dienone is 8. The van der Waals surface area contributed by atoms with E-state index in [9.17, 15) is 14.4 Å². The smallest absolute Gasteiger partial charge is 0.306 e. The number of rotatable bonds is 69. The third-order valence-electron chi connectivity index (χ3n) is 16.8. The van der Waals surface area contributed by atoms with Gasteiger partial charge in [-0.25, -0.2) is 0 Å². The summed E-state index contributed by atoms with van der Waals surface area (Å²) in [5, 5.41) is 0. The maximum absolute atomic E-state index is 13.0. The van der Waals surface area contributed by atoms with Crippen LogP contribution >= 0.6 is 0 Å². The maximum atomic E-state index is 13.0. The Morgan fingerprint density at radius 3 is 0.687 bits per heavy atom. The summed E-state index contributed by atoms with van der Waals surface area (Å²) in [4.78, 5) is 38.5. The second-order valence-corrected chi connectivity index (χ2v) is 25.2. The molecule has 0 aromatic rings. The highest BCUT2D eigenvalue weighted by molar-refractivity contribution is 5.71. The summed E-state index contributed by atoms with van der Waals surface area (Å²) in [6.45, 7) is 6.67. The molecule has 0 bridgehead atoms. The fourth-order valence-corrected chi connectivity index (χ4v) is 11.2. The first kappa shape index (κ1) is 80.4. The van der Waals surface area contributed by atoms with E-state index in [0.29, 0.717) is 19.3 Å². The fraction of sp³-hybridized carbons (Fsp3) is 0.857. The van der Waals surface area contributed by atoms with Crippen molar-refractivity contribution in [2.75, 3.05) is 13.2 Å². The summed E-state index contributed by atoms with van der Waals surface area (Å²) in [6, 6.07) is 0. The van der Waals surface area contributed by atoms with Gasteiger partial charge in [0.15, 0.2) is 6.10 Å². The van der Waals surface area contributed by atoms with Gasteiger partial charge >= 0.3 is 17.9 Å². The van der Waals surface area contributed by atoms with Gasteiger partial charge in [-0.2, -0.15) is 0 Å². The average Bonchev–Trinajstić information content (AvgIpc) is 3.49. The Hall–Kier alpha value is -2.63. The van der Waals surface area contributed by atoms with Crippen LogP contribution in [0.3, 0.4) is 0 Å². The topological polar surface area (TPSA) is 78.9 Å². The monoisotopic (exact) mass is 1160 g/mol. The van der Waals surface area contributed by atoms with Crippen LogP contribution in [0.15, 0.2) is 48.6 Å². The van der Waals surface area contributed by atoms with Crippen LogP contribution in [-0.4, -0.2) is 37.2 Å². The molecule has 0 N–H and O–H groups in total. The van der Waals surface area contributed by atoms with E-state index in [1.807, 2.05) is 0 Å². The van der Waals surface area contributed by atoms with E-state index in [1.54, 1.807) is 0 Å². The van der Waals surface area contributed by atoms with Crippen LogP contribution in [-0.2, 0) is 28.6 Å². The molecule has 0 saturated heterocycles. The van der Waals surface area contributed by atoms with Crippen molar-refractivity contribution in [2.24, 2.45) is 0 Å². The lowest BCUT2D eigenvalue weighted by Crippen LogP contribution is -2.30. The summed E-state index contributed by atoms with van der Waals surface area (Å²) in [7, 11) is 0. The minimum atomic E-state index is -0.781. The molecule has 0 saturated carbocycles. The maximum Gasteiger partial charge on any atom is 0.306 e. The van der Waals surface area contributed by atoms with Crippen molar-refractivity contribution in [1.82, 2.24) is 0 Å². The van der Waals surface area contributed by atoms with Crippen LogP contribution in [0, 0.1) is 0 Å². The van der Waals surface area contributed by atoms with E-state index in [2.05, 4.69) is 69.4 Å². The standard InChI is InChI=1S/C77H142O6/c1-4-7-10-13-16-19-22-25-28-31-33-34-35-36-37-38-39-40-41-42-43-44-45-47-49-52-55-58-61-64-67-70-76(79)82-73-74(72-81-75(78)69-66-63-60-57-54-51-48-30-27-24-21-18-15-12-9-6-3)83-77(80)71-68-65-62-59-56-53-50-46-32-29-26-23-20-17-14-11-8-5-2/h21,24,29-33,48,74H,4-20,22-23,25-28,34-47,49-73H2,1-3H3/b24-21-,32-29-,33-31-,48-30-. The van der Waals surface area contributed by atoms with E-state index in [1.165, 1.54) is 289 Å². The minimum absolute atomic E-state index is 0.0754. The van der Waals surface area contributed by atoms with E-state index in [4.69, 9.17) is 14.2 Å². The Balaban J connectivity index is 4.21. The van der Waals surface area contributed by atoms with Crippen molar-refractivity contribution < 1.29 is 28.6 Å². The van der Waals surface area contributed by atoms with E-state index < -0.39 is 6.10 Å². The van der Waals surface area contributed by atoms with Gasteiger partial charge in [-0.05, 0) is 103 Å². The molecule has 0 heterocycles. The quantitative estimate of drug-likeness (QED) is 0.0261. The van der Waals surface area contributed by atoms with Crippen molar-refractivity contribution in [3.8, 4) is 0 Å². The molecule has 0 aliphatic rings. The minimum Gasteiger partial charge on any atom is -0.462 e. The van der Waals surface area contributed by atoms with Crippen LogP contribution in [0.2, 0.25) is 0 Å². The zero-order chi connectivity index (χ0) is 59.9. The van der Waals surface area contributed by atoms with Gasteiger partial charge in [0.05, 0.1) is 0 Å². The predicted molar refractivity (Wildman–Crippen MR) is 362 cm³/mol. The van der Waals surface area contributed by atoms with Crippen molar-refractivity contribution >= 4 is 17.9 Å². The lowest BCUT2D eigenvalue weighted by molar-refractivity contribution is -0.167. The highest BCUT2D eigenvalue weighted by Gasteiger charge is 2.19. The Kier molecular flexibility index (Phi) is 69.6. The first-order valence-corrected chi connectivity index (χ1v) is 37.1. The zero-order valence-electron chi connectivity index (χ0n) is 56.0. The molecule has 0 fully saturated rings. The van der Waals surface area contributed by atoms with Crippen molar-refractivity contribution in [3.05, 3.63) is 48.6 Å². The first-order valence-electron chi connectivity index (χ1n) is 37.1. The van der Waals surface area contributed by atoms with Gasteiger partial charge in [0.25, 0.3) is 0 Å². The second-order valence-electron chi connectivity index (χ2n) is 25.2. The summed E-state index contributed by atoms with van der Waals surface area (Å²) in [5.74, 6) is -0.867. The molecule has 486 valence electrons. The SMILES string of the molecule is CCCCCC/C=C\C/C=C\CCCCCCCC(=O)OCC(COC(=O)CCCCCCCCCCCCCCCCCCCCC/C=C\CCCCCCCCCC)OC(=O)CCCCCCCCC/C=C\CCCCCCCCC. The summed E-state index contributed by atoms with van der Waals surface area (Å²) >= 11 is 0. The lowest BCUT2D eigenvalue weighted by atomic mass is 10.0. The van der Waals surface area contributed by atoms with Crippen LogP contribution in [0.5, 0.6) is 0 Å². The Morgan fingerprint density at radius 1 is 0.241 bits per heavy atom. The number of ether oxygens (including phenoxy) is 3. The van der Waals surface area contributed by atoms with Gasteiger partial charge in [-0.3, -0.25) is 14.4 Å². The highest BCUT2D eigenvalue weighted by Crippen LogP contribution is 2.18. The fourth-order valence-electron chi connectivity index (χ4n) is 11.2. The first-order chi connectivity index (χ1) is 41.0. The highest BCUT2D eigenvalue weighted by atomic mass is 16.6. The molecule has 6 nitrogen and oxygen atoms in total. The van der Waals surface area contributed by atoms with Crippen molar-refractivity contribution in [1.29, 1.82) is 0 Å². The molecule has 0 amide bonds. The zero-order valence-corrected chi connectivity index (χ0v) is 56.0. The van der Waals surface area contributed by atoms with E-state index in [0.717, 1.165) is 77.0 Å². The molecule has 83 heavy (non-hydrogen) atoms. The molecular weight excluding hydrogens is 1020 g/mol. The summed E-state index contributed by atoms with van der Waals surface area (Å²) in [5.41, 5.74) is 0. The third kappa shape index (κ3) is 70.0. The van der Waals surface area contributed by atoms with Crippen LogP contribution in [0.1, 0.15) is 406 Å². The third-order valence-corrected chi connectivity index (χ3v) is 16.8. The molecular formula is C77H142O6. The van der Waals surface area contributed by atoms with Crippen LogP contribution in [0.4, 0.5) is 0 Å². The number of unbranched alkanes of at least 4 members (excludes halogenated alkanes) is 50. The van der Waals surface area contributed by atoms with Crippen molar-refractivity contribution in [2.45, 2.75) is 412 Å². The van der Waals surface area contributed by atoms with Crippen LogP contribution < -0.4 is 0 Å². The lowest BCUT2D eigenvalue weighted by Gasteiger charge is -2.18. The molecule has 0 rings (SSSR count). The molecule has 0 aliphatic carbocycles. The van der Waals surface area contributed by atoms with E-state index in [-0.39, 0.29) is 31.1 Å². The Labute approximate surface area is 518 Å². The molecule has 6 heteroatoms. The van der Waals surface area contributed by atoms with Gasteiger partial charge < -0.3 is 14.2 Å². The molecule has 0 radical (unpaired) electrons. The van der Waals surface area contributed by atoms with Gasteiger partial charge in [-0.15, -0.1) is 0 Å². The molecule has 0 aliphatic heterocycles. The van der Waals surface area contributed by atoms with Crippen molar-refractivity contribution in [3.63, 3.8) is 0 Å². The normalized spacial score (nSPS) is 12.3. The molecule has 0 spiro atoms. The number of esters is 3. The average molecular weight is 1160 g/mol. The number of hydrogen-bond donors (Lipinski definition) is 0. The molecule has 0 aromatic heterocycles. The molecule has 1 atom stereocenters. The largest absolute Gasteiger partial charge is 0.462 e. The summed E-state index contributed by atoms with van der Waals surface area (Å²) in [6.07, 6.45) is 91.6.